The van der Waals surface area contributed by atoms with E-state index in [2.05, 4.69) is 10.4 Å². The van der Waals surface area contributed by atoms with Gasteiger partial charge in [-0.2, -0.15) is 0 Å². The van der Waals surface area contributed by atoms with Crippen molar-refractivity contribution in [1.29, 1.82) is 0 Å². The maximum Gasteiger partial charge on any atom is 0.161 e. The molecule has 6 nitrogen and oxygen atoms in total. The van der Waals surface area contributed by atoms with Crippen LogP contribution in [0.15, 0.2) is 36.7 Å². The van der Waals surface area contributed by atoms with Gasteiger partial charge in [0.2, 0.25) is 0 Å². The van der Waals surface area contributed by atoms with E-state index in [4.69, 9.17) is 15.3 Å². The van der Waals surface area contributed by atoms with Crippen molar-refractivity contribution in [3.8, 4) is 11.5 Å². The molecule has 0 aliphatic carbocycles. The van der Waals surface area contributed by atoms with Crippen molar-refractivity contribution in [3.05, 3.63) is 42.5 Å². The molecule has 0 radical (unpaired) electrons. The predicted molar refractivity (Wildman–Crippen MR) is 74.4 cm³/mol. The number of aromatic nitrogens is 2. The first-order valence-corrected chi connectivity index (χ1v) is 6.58. The van der Waals surface area contributed by atoms with Gasteiger partial charge in [0.1, 0.15) is 18.5 Å². The van der Waals surface area contributed by atoms with Crippen molar-refractivity contribution in [2.45, 2.75) is 18.6 Å². The summed E-state index contributed by atoms with van der Waals surface area (Å²) in [6.45, 7) is 0.469. The molecule has 0 fully saturated rings. The molecule has 0 amide bonds. The molecule has 3 rings (SSSR count). The van der Waals surface area contributed by atoms with Gasteiger partial charge in [-0.15, -0.1) is 0 Å². The van der Waals surface area contributed by atoms with Gasteiger partial charge in [-0.25, -0.2) is 4.98 Å². The molecule has 106 valence electrons. The zero-order valence-corrected chi connectivity index (χ0v) is 11.3. The molecule has 2 aromatic rings. The van der Waals surface area contributed by atoms with Crippen LogP contribution in [0.3, 0.4) is 0 Å². The molecule has 2 unspecified atom stereocenters. The molecule has 1 aromatic carbocycles. The van der Waals surface area contributed by atoms with Crippen molar-refractivity contribution < 1.29 is 9.47 Å². The minimum absolute atomic E-state index is 0.0653. The zero-order chi connectivity index (χ0) is 13.9. The van der Waals surface area contributed by atoms with Gasteiger partial charge in [0.15, 0.2) is 11.5 Å². The topological polar surface area (TPSA) is 74.3 Å². The van der Waals surface area contributed by atoms with Crippen molar-refractivity contribution in [2.75, 3.05) is 6.61 Å². The van der Waals surface area contributed by atoms with E-state index in [1.165, 1.54) is 0 Å². The summed E-state index contributed by atoms with van der Waals surface area (Å²) in [6, 6.07) is 7.58. The lowest BCUT2D eigenvalue weighted by molar-refractivity contribution is 0.0612. The molecule has 0 saturated heterocycles. The van der Waals surface area contributed by atoms with Crippen molar-refractivity contribution in [1.82, 2.24) is 15.0 Å². The van der Waals surface area contributed by atoms with E-state index in [0.29, 0.717) is 13.0 Å². The third-order valence-corrected chi connectivity index (χ3v) is 3.52. The summed E-state index contributed by atoms with van der Waals surface area (Å²) in [6.07, 6.45) is 4.22. The molecule has 1 aliphatic heterocycles. The lowest BCUT2D eigenvalue weighted by atomic mass is 10.1. The Kier molecular flexibility index (Phi) is 3.58. The van der Waals surface area contributed by atoms with Crippen LogP contribution in [0.25, 0.3) is 0 Å². The quantitative estimate of drug-likeness (QED) is 0.632. The summed E-state index contributed by atoms with van der Waals surface area (Å²) in [7, 11) is 1.96. The number of aryl methyl sites for hydroxylation is 1. The predicted octanol–water partition coefficient (Wildman–Crippen LogP) is 0.635. The number of hydrogen-bond acceptors (Lipinski definition) is 5. The largest absolute Gasteiger partial charge is 0.486 e. The molecular weight excluding hydrogens is 256 g/mol. The fraction of sp³-hybridized carbons (Fsp3) is 0.357. The normalized spacial score (nSPS) is 18.8. The molecule has 20 heavy (non-hydrogen) atoms. The number of hydrogen-bond donors (Lipinski definition) is 2. The number of rotatable bonds is 4. The third-order valence-electron chi connectivity index (χ3n) is 3.52. The van der Waals surface area contributed by atoms with E-state index in [0.717, 1.165) is 17.3 Å². The Morgan fingerprint density at radius 2 is 2.25 bits per heavy atom. The second-order valence-electron chi connectivity index (χ2n) is 4.85. The number of nitrogens with zero attached hydrogens (tertiary/aromatic N) is 2. The van der Waals surface area contributed by atoms with E-state index < -0.39 is 0 Å². The number of ether oxygens (including phenoxy) is 2. The highest BCUT2D eigenvalue weighted by Crippen LogP contribution is 2.31. The first-order valence-electron chi connectivity index (χ1n) is 6.58. The van der Waals surface area contributed by atoms with Crippen LogP contribution in [0.1, 0.15) is 5.82 Å². The molecule has 0 spiro atoms. The maximum atomic E-state index is 5.97. The van der Waals surface area contributed by atoms with Crippen LogP contribution in [0.4, 0.5) is 0 Å². The summed E-state index contributed by atoms with van der Waals surface area (Å²) in [5.41, 5.74) is 2.81. The number of nitrogens with two attached hydrogens (primary N) is 1. The van der Waals surface area contributed by atoms with Gasteiger partial charge in [-0.1, -0.05) is 12.1 Å². The fourth-order valence-electron chi connectivity index (χ4n) is 2.32. The Bertz CT molecular complexity index is 584. The van der Waals surface area contributed by atoms with Gasteiger partial charge in [0, 0.05) is 25.9 Å². The van der Waals surface area contributed by atoms with E-state index in [9.17, 15) is 0 Å². The first kappa shape index (κ1) is 13.0. The van der Waals surface area contributed by atoms with E-state index in [-0.39, 0.29) is 12.1 Å². The first-order chi connectivity index (χ1) is 9.78. The average Bonchev–Trinajstić information content (AvgIpc) is 2.89. The van der Waals surface area contributed by atoms with Crippen LogP contribution in [-0.4, -0.2) is 28.3 Å². The van der Waals surface area contributed by atoms with Crippen molar-refractivity contribution >= 4 is 0 Å². The third kappa shape index (κ3) is 2.48. The summed E-state index contributed by atoms with van der Waals surface area (Å²) in [5.74, 6) is 8.15. The molecular formula is C14H18N4O2. The second-order valence-corrected chi connectivity index (χ2v) is 4.85. The summed E-state index contributed by atoms with van der Waals surface area (Å²) in [5, 5.41) is 0. The van der Waals surface area contributed by atoms with Crippen LogP contribution in [0.2, 0.25) is 0 Å². The van der Waals surface area contributed by atoms with Gasteiger partial charge in [-0.05, 0) is 12.1 Å². The van der Waals surface area contributed by atoms with Gasteiger partial charge in [0.05, 0.1) is 6.04 Å². The number of hydrazine groups is 1. The summed E-state index contributed by atoms with van der Waals surface area (Å²) < 4.78 is 13.7. The van der Waals surface area contributed by atoms with E-state index in [1.807, 2.05) is 42.1 Å². The summed E-state index contributed by atoms with van der Waals surface area (Å²) >= 11 is 0. The standard InChI is InChI=1S/C14H18N4O2/c1-18-7-6-16-14(18)8-10(17-15)13-9-19-11-4-2-3-5-12(11)20-13/h2-7,10,13,17H,8-9,15H2,1H3. The number of para-hydroxylation sites is 2. The minimum atomic E-state index is -0.147. The second kappa shape index (κ2) is 5.52. The van der Waals surface area contributed by atoms with Gasteiger partial charge in [0.25, 0.3) is 0 Å². The van der Waals surface area contributed by atoms with Crippen molar-refractivity contribution in [2.24, 2.45) is 12.9 Å². The molecule has 1 aliphatic rings. The maximum absolute atomic E-state index is 5.97. The van der Waals surface area contributed by atoms with Crippen LogP contribution < -0.4 is 20.7 Å². The SMILES string of the molecule is Cn1ccnc1CC(NN)C1COc2ccccc2O1. The lowest BCUT2D eigenvalue weighted by Crippen LogP contribution is -2.51. The Balaban J connectivity index is 1.73. The number of fused-ring (bicyclic) bond motifs is 1. The summed E-state index contributed by atoms with van der Waals surface area (Å²) in [4.78, 5) is 4.31. The van der Waals surface area contributed by atoms with E-state index in [1.54, 1.807) is 6.20 Å². The molecule has 2 heterocycles. The highest BCUT2D eigenvalue weighted by molar-refractivity contribution is 5.40. The van der Waals surface area contributed by atoms with Crippen LogP contribution in [0, 0.1) is 0 Å². The molecule has 0 bridgehead atoms. The van der Waals surface area contributed by atoms with Gasteiger partial charge in [-0.3, -0.25) is 11.3 Å². The lowest BCUT2D eigenvalue weighted by Gasteiger charge is -2.31. The number of benzene rings is 1. The van der Waals surface area contributed by atoms with Gasteiger partial charge < -0.3 is 14.0 Å². The molecule has 6 heteroatoms. The Labute approximate surface area is 117 Å². The van der Waals surface area contributed by atoms with E-state index >= 15 is 0 Å². The Morgan fingerprint density at radius 3 is 2.95 bits per heavy atom. The van der Waals surface area contributed by atoms with Crippen LogP contribution >= 0.6 is 0 Å². The Hall–Kier alpha value is -2.05. The molecule has 3 N–H and O–H groups in total. The van der Waals surface area contributed by atoms with Gasteiger partial charge >= 0.3 is 0 Å². The number of nitrogens with one attached hydrogen (secondary N) is 1. The molecule has 1 aromatic heterocycles. The van der Waals surface area contributed by atoms with Crippen LogP contribution in [-0.2, 0) is 13.5 Å². The zero-order valence-electron chi connectivity index (χ0n) is 11.3. The van der Waals surface area contributed by atoms with Crippen LogP contribution in [0.5, 0.6) is 11.5 Å². The Morgan fingerprint density at radius 1 is 1.45 bits per heavy atom. The average molecular weight is 274 g/mol. The smallest absolute Gasteiger partial charge is 0.161 e. The van der Waals surface area contributed by atoms with Crippen molar-refractivity contribution in [3.63, 3.8) is 0 Å². The molecule has 0 saturated carbocycles. The highest BCUT2D eigenvalue weighted by atomic mass is 16.6. The number of imidazole rings is 1. The molecule has 2 atom stereocenters. The highest BCUT2D eigenvalue weighted by Gasteiger charge is 2.29. The minimum Gasteiger partial charge on any atom is -0.486 e. The monoisotopic (exact) mass is 274 g/mol. The fourth-order valence-corrected chi connectivity index (χ4v) is 2.32.